The zero-order valence-electron chi connectivity index (χ0n) is 11.7. The number of aliphatic carboxylic acids is 1. The van der Waals surface area contributed by atoms with Crippen LogP contribution in [0.5, 0.6) is 0 Å². The summed E-state index contributed by atoms with van der Waals surface area (Å²) >= 11 is 0. The molecule has 0 spiro atoms. The van der Waals surface area contributed by atoms with Gasteiger partial charge in [-0.3, -0.25) is 9.59 Å². The van der Waals surface area contributed by atoms with Crippen LogP contribution in [0.4, 0.5) is 0 Å². The van der Waals surface area contributed by atoms with Gasteiger partial charge in [-0.05, 0) is 18.9 Å². The Balaban J connectivity index is 1.87. The van der Waals surface area contributed by atoms with Crippen LogP contribution in [0.15, 0.2) is 16.8 Å². The molecule has 7 nitrogen and oxygen atoms in total. The number of rotatable bonds is 2. The Labute approximate surface area is 120 Å². The summed E-state index contributed by atoms with van der Waals surface area (Å²) < 4.78 is 5.01. The summed E-state index contributed by atoms with van der Waals surface area (Å²) in [6, 6.07) is 1.69. The number of pyridine rings is 1. The molecule has 1 fully saturated rings. The lowest BCUT2D eigenvalue weighted by atomic mass is 9.99. The van der Waals surface area contributed by atoms with Gasteiger partial charge in [0.1, 0.15) is 0 Å². The van der Waals surface area contributed by atoms with Crippen molar-refractivity contribution in [2.24, 2.45) is 11.8 Å². The first kappa shape index (κ1) is 13.5. The van der Waals surface area contributed by atoms with Gasteiger partial charge in [-0.2, -0.15) is 0 Å². The van der Waals surface area contributed by atoms with Crippen LogP contribution in [0, 0.1) is 18.8 Å². The maximum absolute atomic E-state index is 12.5. The van der Waals surface area contributed by atoms with E-state index in [1.807, 2.05) is 6.92 Å². The fraction of sp³-hybridized carbons (Fsp3) is 0.429. The van der Waals surface area contributed by atoms with Crippen molar-refractivity contribution < 1.29 is 19.2 Å². The number of nitrogens with zero attached hydrogens (tertiary/aromatic N) is 3. The van der Waals surface area contributed by atoms with E-state index < -0.39 is 11.9 Å². The second-order valence-corrected chi connectivity index (χ2v) is 5.48. The molecule has 7 heteroatoms. The molecule has 2 aromatic rings. The third kappa shape index (κ3) is 2.24. The molecule has 2 atom stereocenters. The van der Waals surface area contributed by atoms with Crippen LogP contribution in [0.3, 0.4) is 0 Å². The van der Waals surface area contributed by atoms with Crippen molar-refractivity contribution in [3.63, 3.8) is 0 Å². The van der Waals surface area contributed by atoms with E-state index in [0.29, 0.717) is 28.9 Å². The van der Waals surface area contributed by atoms with Crippen LogP contribution in [0.1, 0.15) is 23.0 Å². The smallest absolute Gasteiger partial charge is 0.308 e. The van der Waals surface area contributed by atoms with E-state index in [-0.39, 0.29) is 18.4 Å². The van der Waals surface area contributed by atoms with Crippen molar-refractivity contribution in [2.75, 3.05) is 13.1 Å². The van der Waals surface area contributed by atoms with Gasteiger partial charge in [0.25, 0.3) is 11.6 Å². The molecule has 0 radical (unpaired) electrons. The second-order valence-electron chi connectivity index (χ2n) is 5.48. The minimum absolute atomic E-state index is 0.0551. The predicted octanol–water partition coefficient (Wildman–Crippen LogP) is 1.32. The molecule has 21 heavy (non-hydrogen) atoms. The number of carboxylic acid groups (broad SMARTS) is 1. The Morgan fingerprint density at radius 1 is 1.43 bits per heavy atom. The van der Waals surface area contributed by atoms with Crippen LogP contribution in [0.2, 0.25) is 0 Å². The SMILES string of the molecule is Cc1noc2ncc(C(=O)N3C[C@@H](C)[C@H](C(=O)O)C3)cc12. The number of carbonyl (C=O) groups excluding carboxylic acids is 1. The number of carboxylic acids is 1. The molecule has 110 valence electrons. The van der Waals surface area contributed by atoms with Crippen molar-refractivity contribution >= 4 is 23.0 Å². The van der Waals surface area contributed by atoms with E-state index >= 15 is 0 Å². The zero-order valence-corrected chi connectivity index (χ0v) is 11.7. The first-order valence-electron chi connectivity index (χ1n) is 6.71. The van der Waals surface area contributed by atoms with E-state index in [4.69, 9.17) is 9.63 Å². The van der Waals surface area contributed by atoms with E-state index in [1.165, 1.54) is 6.20 Å². The maximum Gasteiger partial charge on any atom is 0.308 e. The highest BCUT2D eigenvalue weighted by atomic mass is 16.5. The fourth-order valence-corrected chi connectivity index (χ4v) is 2.70. The molecule has 0 aliphatic carbocycles. The monoisotopic (exact) mass is 289 g/mol. The lowest BCUT2D eigenvalue weighted by Crippen LogP contribution is -2.30. The van der Waals surface area contributed by atoms with E-state index in [1.54, 1.807) is 17.9 Å². The number of carbonyl (C=O) groups is 2. The van der Waals surface area contributed by atoms with E-state index in [2.05, 4.69) is 10.1 Å². The van der Waals surface area contributed by atoms with E-state index in [0.717, 1.165) is 0 Å². The van der Waals surface area contributed by atoms with Crippen LogP contribution in [-0.4, -0.2) is 45.1 Å². The molecule has 0 unspecified atom stereocenters. The number of hydrogen-bond donors (Lipinski definition) is 1. The van der Waals surface area contributed by atoms with Gasteiger partial charge < -0.3 is 14.5 Å². The molecule has 0 aromatic carbocycles. The summed E-state index contributed by atoms with van der Waals surface area (Å²) in [5.41, 5.74) is 1.49. The highest BCUT2D eigenvalue weighted by Gasteiger charge is 2.37. The zero-order chi connectivity index (χ0) is 15.1. The number of amides is 1. The Kier molecular flexibility index (Phi) is 3.12. The highest BCUT2D eigenvalue weighted by molar-refractivity contribution is 5.97. The van der Waals surface area contributed by atoms with Gasteiger partial charge in [-0.1, -0.05) is 12.1 Å². The molecular formula is C14H15N3O4. The number of hydrogen-bond acceptors (Lipinski definition) is 5. The minimum Gasteiger partial charge on any atom is -0.481 e. The molecular weight excluding hydrogens is 274 g/mol. The normalized spacial score (nSPS) is 21.9. The molecule has 3 rings (SSSR count). The first-order valence-corrected chi connectivity index (χ1v) is 6.71. The van der Waals surface area contributed by atoms with Crippen LogP contribution < -0.4 is 0 Å². The molecule has 0 bridgehead atoms. The van der Waals surface area contributed by atoms with Gasteiger partial charge in [0.2, 0.25) is 0 Å². The van der Waals surface area contributed by atoms with Gasteiger partial charge in [-0.15, -0.1) is 0 Å². The van der Waals surface area contributed by atoms with Crippen molar-refractivity contribution in [1.29, 1.82) is 0 Å². The summed E-state index contributed by atoms with van der Waals surface area (Å²) in [5, 5.41) is 13.6. The Hall–Kier alpha value is -2.44. The topological polar surface area (TPSA) is 96.5 Å². The van der Waals surface area contributed by atoms with Crippen LogP contribution in [-0.2, 0) is 4.79 Å². The van der Waals surface area contributed by atoms with Crippen molar-refractivity contribution in [2.45, 2.75) is 13.8 Å². The highest BCUT2D eigenvalue weighted by Crippen LogP contribution is 2.25. The van der Waals surface area contributed by atoms with Crippen molar-refractivity contribution in [3.05, 3.63) is 23.5 Å². The molecule has 1 amide bonds. The third-order valence-corrected chi connectivity index (χ3v) is 3.97. The maximum atomic E-state index is 12.5. The summed E-state index contributed by atoms with van der Waals surface area (Å²) in [7, 11) is 0. The average molecular weight is 289 g/mol. The van der Waals surface area contributed by atoms with E-state index in [9.17, 15) is 9.59 Å². The Morgan fingerprint density at radius 2 is 2.19 bits per heavy atom. The Morgan fingerprint density at radius 3 is 2.86 bits per heavy atom. The predicted molar refractivity (Wildman–Crippen MR) is 72.7 cm³/mol. The van der Waals surface area contributed by atoms with Crippen molar-refractivity contribution in [3.8, 4) is 0 Å². The lowest BCUT2D eigenvalue weighted by molar-refractivity contribution is -0.142. The Bertz CT molecular complexity index is 724. The molecule has 0 saturated carbocycles. The summed E-state index contributed by atoms with van der Waals surface area (Å²) in [4.78, 5) is 29.2. The van der Waals surface area contributed by atoms with Gasteiger partial charge >= 0.3 is 5.97 Å². The van der Waals surface area contributed by atoms with Crippen LogP contribution >= 0.6 is 0 Å². The lowest BCUT2D eigenvalue weighted by Gasteiger charge is -2.15. The molecule has 1 saturated heterocycles. The number of aryl methyl sites for hydroxylation is 1. The molecule has 3 heterocycles. The van der Waals surface area contributed by atoms with Gasteiger partial charge in [0, 0.05) is 19.3 Å². The fourth-order valence-electron chi connectivity index (χ4n) is 2.70. The minimum atomic E-state index is -0.860. The number of fused-ring (bicyclic) bond motifs is 1. The van der Waals surface area contributed by atoms with Crippen LogP contribution in [0.25, 0.3) is 11.1 Å². The number of aromatic nitrogens is 2. The van der Waals surface area contributed by atoms with Gasteiger partial charge in [0.15, 0.2) is 0 Å². The second kappa shape index (κ2) is 4.83. The largest absolute Gasteiger partial charge is 0.481 e. The first-order chi connectivity index (χ1) is 9.97. The number of likely N-dealkylation sites (tertiary alicyclic amines) is 1. The van der Waals surface area contributed by atoms with Crippen molar-refractivity contribution in [1.82, 2.24) is 15.0 Å². The standard InChI is InChI=1S/C14H15N3O4/c1-7-5-17(6-11(7)14(19)20)13(18)9-3-10-8(2)16-21-12(10)15-4-9/h3-4,7,11H,5-6H2,1-2H3,(H,19,20)/t7-,11-/m1/s1. The molecule has 1 aliphatic heterocycles. The molecule has 2 aromatic heterocycles. The summed E-state index contributed by atoms with van der Waals surface area (Å²) in [5.74, 6) is -1.63. The van der Waals surface area contributed by atoms with Gasteiger partial charge in [-0.25, -0.2) is 4.98 Å². The average Bonchev–Trinajstić information content (AvgIpc) is 3.02. The molecule has 1 N–H and O–H groups in total. The molecule has 1 aliphatic rings. The summed E-state index contributed by atoms with van der Waals surface area (Å²) in [6.45, 7) is 4.30. The quantitative estimate of drug-likeness (QED) is 0.895. The van der Waals surface area contributed by atoms with Gasteiger partial charge in [0.05, 0.1) is 22.6 Å². The third-order valence-electron chi connectivity index (χ3n) is 3.97. The summed E-state index contributed by atoms with van der Waals surface area (Å²) in [6.07, 6.45) is 1.44.